The largest absolute Gasteiger partial charge is 0.443 e. The van der Waals surface area contributed by atoms with Crippen LogP contribution in [0.3, 0.4) is 0 Å². The first-order chi connectivity index (χ1) is 10.4. The van der Waals surface area contributed by atoms with E-state index in [0.29, 0.717) is 18.1 Å². The van der Waals surface area contributed by atoms with Gasteiger partial charge in [-0.15, -0.1) is 0 Å². The molecule has 130 valence electrons. The van der Waals surface area contributed by atoms with Crippen LogP contribution in [-0.4, -0.2) is 40.9 Å². The SMILES string of the molecule is CN(C(=O)OC(C)(C)C)c1cccc([C@@H](O)CNC(C)(C)C)n1. The molecule has 1 heterocycles. The van der Waals surface area contributed by atoms with E-state index in [0.717, 1.165) is 0 Å². The third-order valence-electron chi connectivity index (χ3n) is 2.93. The van der Waals surface area contributed by atoms with E-state index in [1.807, 2.05) is 41.5 Å². The van der Waals surface area contributed by atoms with Gasteiger partial charge >= 0.3 is 6.09 Å². The summed E-state index contributed by atoms with van der Waals surface area (Å²) < 4.78 is 5.32. The second-order valence-corrected chi connectivity index (χ2v) is 7.61. The van der Waals surface area contributed by atoms with Gasteiger partial charge in [0.15, 0.2) is 0 Å². The fourth-order valence-electron chi connectivity index (χ4n) is 1.74. The predicted molar refractivity (Wildman–Crippen MR) is 91.6 cm³/mol. The molecule has 1 aromatic rings. The van der Waals surface area contributed by atoms with Gasteiger partial charge in [-0.2, -0.15) is 0 Å². The van der Waals surface area contributed by atoms with E-state index in [2.05, 4.69) is 10.3 Å². The fraction of sp³-hybridized carbons (Fsp3) is 0.647. The number of nitrogens with zero attached hydrogens (tertiary/aromatic N) is 2. The van der Waals surface area contributed by atoms with Gasteiger partial charge in [-0.25, -0.2) is 9.78 Å². The van der Waals surface area contributed by atoms with Crippen LogP contribution in [0.1, 0.15) is 53.3 Å². The van der Waals surface area contributed by atoms with Gasteiger partial charge in [-0.05, 0) is 53.7 Å². The Balaban J connectivity index is 2.81. The summed E-state index contributed by atoms with van der Waals surface area (Å²) in [5, 5.41) is 13.5. The number of hydrogen-bond donors (Lipinski definition) is 2. The van der Waals surface area contributed by atoms with E-state index < -0.39 is 17.8 Å². The summed E-state index contributed by atoms with van der Waals surface area (Å²) in [6.45, 7) is 11.9. The number of β-amino-alcohol motifs (C(OH)–C–C–N with tert-alkyl or cyclic N) is 1. The molecule has 0 radical (unpaired) electrons. The second kappa shape index (κ2) is 7.27. The third kappa shape index (κ3) is 6.97. The van der Waals surface area contributed by atoms with Crippen LogP contribution in [0.2, 0.25) is 0 Å². The van der Waals surface area contributed by atoms with Crippen molar-refractivity contribution in [1.29, 1.82) is 0 Å². The first-order valence-corrected chi connectivity index (χ1v) is 7.76. The summed E-state index contributed by atoms with van der Waals surface area (Å²) in [7, 11) is 1.60. The number of anilines is 1. The van der Waals surface area contributed by atoms with Crippen LogP contribution in [-0.2, 0) is 4.74 Å². The highest BCUT2D eigenvalue weighted by atomic mass is 16.6. The van der Waals surface area contributed by atoms with Crippen LogP contribution in [0.5, 0.6) is 0 Å². The molecule has 1 aromatic heterocycles. The lowest BCUT2D eigenvalue weighted by Crippen LogP contribution is -2.38. The minimum atomic E-state index is -0.749. The Morgan fingerprint density at radius 1 is 1.30 bits per heavy atom. The average molecular weight is 323 g/mol. The zero-order chi connectivity index (χ0) is 17.8. The Morgan fingerprint density at radius 2 is 1.91 bits per heavy atom. The molecule has 0 aliphatic carbocycles. The zero-order valence-electron chi connectivity index (χ0n) is 15.2. The first-order valence-electron chi connectivity index (χ1n) is 7.76. The Morgan fingerprint density at radius 3 is 2.43 bits per heavy atom. The number of ether oxygens (including phenoxy) is 1. The highest BCUT2D eigenvalue weighted by molar-refractivity contribution is 5.85. The molecule has 0 bridgehead atoms. The van der Waals surface area contributed by atoms with Gasteiger partial charge in [0.25, 0.3) is 0 Å². The van der Waals surface area contributed by atoms with Crippen LogP contribution >= 0.6 is 0 Å². The molecule has 2 N–H and O–H groups in total. The average Bonchev–Trinajstić information content (AvgIpc) is 2.41. The number of amides is 1. The van der Waals surface area contributed by atoms with Crippen LogP contribution in [0.4, 0.5) is 10.6 Å². The number of aliphatic hydroxyl groups excluding tert-OH is 1. The van der Waals surface area contributed by atoms with E-state index in [4.69, 9.17) is 4.74 Å². The summed E-state index contributed by atoms with van der Waals surface area (Å²) in [6, 6.07) is 5.21. The fourth-order valence-corrected chi connectivity index (χ4v) is 1.74. The standard InChI is InChI=1S/C17H29N3O3/c1-16(2,3)18-11-13(21)12-9-8-10-14(19-12)20(7)15(22)23-17(4,5)6/h8-10,13,18,21H,11H2,1-7H3/t13-/m0/s1. The summed E-state index contributed by atoms with van der Waals surface area (Å²) in [6.07, 6.45) is -1.23. The molecular formula is C17H29N3O3. The van der Waals surface area contributed by atoms with Gasteiger partial charge in [-0.3, -0.25) is 4.90 Å². The van der Waals surface area contributed by atoms with E-state index >= 15 is 0 Å². The minimum absolute atomic E-state index is 0.0914. The molecule has 6 heteroatoms. The molecule has 1 atom stereocenters. The van der Waals surface area contributed by atoms with Crippen molar-refractivity contribution in [2.75, 3.05) is 18.5 Å². The number of carbonyl (C=O) groups is 1. The van der Waals surface area contributed by atoms with Crippen molar-refractivity contribution < 1.29 is 14.6 Å². The van der Waals surface area contributed by atoms with Gasteiger partial charge in [0.1, 0.15) is 17.5 Å². The molecule has 1 amide bonds. The summed E-state index contributed by atoms with van der Waals surface area (Å²) in [5.74, 6) is 0.437. The van der Waals surface area contributed by atoms with Gasteiger partial charge in [-0.1, -0.05) is 6.07 Å². The Bertz CT molecular complexity index is 533. The summed E-state index contributed by atoms with van der Waals surface area (Å²) in [4.78, 5) is 17.8. The number of nitrogens with one attached hydrogen (secondary N) is 1. The highest BCUT2D eigenvalue weighted by Gasteiger charge is 2.22. The quantitative estimate of drug-likeness (QED) is 0.891. The lowest BCUT2D eigenvalue weighted by molar-refractivity contribution is 0.0588. The molecule has 0 saturated carbocycles. The van der Waals surface area contributed by atoms with E-state index in [-0.39, 0.29) is 5.54 Å². The van der Waals surface area contributed by atoms with Crippen molar-refractivity contribution in [1.82, 2.24) is 10.3 Å². The molecular weight excluding hydrogens is 294 g/mol. The van der Waals surface area contributed by atoms with E-state index in [1.54, 1.807) is 25.2 Å². The molecule has 0 aromatic carbocycles. The highest BCUT2D eigenvalue weighted by Crippen LogP contribution is 2.18. The lowest BCUT2D eigenvalue weighted by Gasteiger charge is -2.25. The maximum absolute atomic E-state index is 12.1. The van der Waals surface area contributed by atoms with Crippen molar-refractivity contribution in [2.24, 2.45) is 0 Å². The van der Waals surface area contributed by atoms with Crippen LogP contribution in [0.25, 0.3) is 0 Å². The Labute approximate surface area is 138 Å². The molecule has 23 heavy (non-hydrogen) atoms. The Hall–Kier alpha value is -1.66. The number of aromatic nitrogens is 1. The molecule has 0 aliphatic heterocycles. The number of rotatable bonds is 4. The van der Waals surface area contributed by atoms with Crippen molar-refractivity contribution >= 4 is 11.9 Å². The number of hydrogen-bond acceptors (Lipinski definition) is 5. The van der Waals surface area contributed by atoms with Crippen molar-refractivity contribution in [3.05, 3.63) is 23.9 Å². The third-order valence-corrected chi connectivity index (χ3v) is 2.93. The molecule has 0 fully saturated rings. The second-order valence-electron chi connectivity index (χ2n) is 7.61. The Kier molecular flexibility index (Phi) is 6.13. The monoisotopic (exact) mass is 323 g/mol. The predicted octanol–water partition coefficient (Wildman–Crippen LogP) is 2.87. The summed E-state index contributed by atoms with van der Waals surface area (Å²) >= 11 is 0. The molecule has 1 rings (SSSR count). The number of carbonyl (C=O) groups excluding carboxylic acids is 1. The lowest BCUT2D eigenvalue weighted by atomic mass is 10.1. The van der Waals surface area contributed by atoms with E-state index in [1.165, 1.54) is 4.90 Å². The van der Waals surface area contributed by atoms with Crippen LogP contribution in [0.15, 0.2) is 18.2 Å². The topological polar surface area (TPSA) is 74.7 Å². The van der Waals surface area contributed by atoms with Gasteiger partial charge < -0.3 is 15.2 Å². The minimum Gasteiger partial charge on any atom is -0.443 e. The molecule has 6 nitrogen and oxygen atoms in total. The van der Waals surface area contributed by atoms with Crippen LogP contribution in [0, 0.1) is 0 Å². The molecule has 0 unspecified atom stereocenters. The van der Waals surface area contributed by atoms with Crippen molar-refractivity contribution in [2.45, 2.75) is 58.8 Å². The number of aliphatic hydroxyl groups is 1. The van der Waals surface area contributed by atoms with Crippen molar-refractivity contribution in [3.8, 4) is 0 Å². The van der Waals surface area contributed by atoms with Crippen LogP contribution < -0.4 is 10.2 Å². The van der Waals surface area contributed by atoms with Gasteiger partial charge in [0, 0.05) is 19.1 Å². The van der Waals surface area contributed by atoms with Gasteiger partial charge in [0.05, 0.1) is 5.69 Å². The molecule has 0 aliphatic rings. The van der Waals surface area contributed by atoms with Crippen molar-refractivity contribution in [3.63, 3.8) is 0 Å². The molecule has 0 saturated heterocycles. The molecule has 0 spiro atoms. The number of pyridine rings is 1. The summed E-state index contributed by atoms with van der Waals surface area (Å²) in [5.41, 5.74) is -0.153. The normalized spacial score (nSPS) is 13.6. The van der Waals surface area contributed by atoms with E-state index in [9.17, 15) is 9.90 Å². The first kappa shape index (κ1) is 19.4. The maximum atomic E-state index is 12.1. The zero-order valence-corrected chi connectivity index (χ0v) is 15.2. The smallest absolute Gasteiger partial charge is 0.415 e. The maximum Gasteiger partial charge on any atom is 0.415 e. The van der Waals surface area contributed by atoms with Gasteiger partial charge in [0.2, 0.25) is 0 Å².